The average molecular weight is 319 g/mol. The molecule has 2 aliphatic rings. The fraction of sp³-hybridized carbons (Fsp3) is 1.00. The summed E-state index contributed by atoms with van der Waals surface area (Å²) in [5.41, 5.74) is -0.361. The SMILES string of the molecule is COC1(C)CCCN(S(=O)(=O)N(C)CCCNC2CC2)C1. The molecule has 1 unspecified atom stereocenters. The second kappa shape index (κ2) is 6.91. The van der Waals surface area contributed by atoms with Gasteiger partial charge in [-0.3, -0.25) is 0 Å². The summed E-state index contributed by atoms with van der Waals surface area (Å²) >= 11 is 0. The van der Waals surface area contributed by atoms with Crippen LogP contribution in [0.2, 0.25) is 0 Å². The lowest BCUT2D eigenvalue weighted by atomic mass is 9.96. The number of rotatable bonds is 8. The lowest BCUT2D eigenvalue weighted by Gasteiger charge is -2.39. The Morgan fingerprint density at radius 2 is 2.14 bits per heavy atom. The molecule has 0 spiro atoms. The molecule has 1 N–H and O–H groups in total. The molecule has 1 saturated heterocycles. The van der Waals surface area contributed by atoms with E-state index in [4.69, 9.17) is 4.74 Å². The third-order valence-electron chi connectivity index (χ3n) is 4.50. The zero-order valence-corrected chi connectivity index (χ0v) is 14.3. The Balaban J connectivity index is 1.83. The normalized spacial score (nSPS) is 28.2. The van der Waals surface area contributed by atoms with Crippen LogP contribution in [0, 0.1) is 0 Å². The van der Waals surface area contributed by atoms with Gasteiger partial charge in [-0.1, -0.05) is 0 Å². The first-order chi connectivity index (χ1) is 9.87. The summed E-state index contributed by atoms with van der Waals surface area (Å²) in [6.07, 6.45) is 5.13. The predicted octanol–water partition coefficient (Wildman–Crippen LogP) is 0.806. The second-order valence-corrected chi connectivity index (χ2v) is 8.54. The Labute approximate surface area is 129 Å². The largest absolute Gasteiger partial charge is 0.377 e. The average Bonchev–Trinajstić information content (AvgIpc) is 3.27. The highest BCUT2D eigenvalue weighted by Crippen LogP contribution is 2.26. The Kier molecular flexibility index (Phi) is 5.65. The molecule has 0 aromatic heterocycles. The van der Waals surface area contributed by atoms with Crippen molar-refractivity contribution in [3.8, 4) is 0 Å². The van der Waals surface area contributed by atoms with E-state index in [0.29, 0.717) is 25.7 Å². The summed E-state index contributed by atoms with van der Waals surface area (Å²) in [6, 6.07) is 0.677. The van der Waals surface area contributed by atoms with Gasteiger partial charge in [-0.15, -0.1) is 0 Å². The molecule has 1 aliphatic heterocycles. The molecule has 0 amide bonds. The predicted molar refractivity (Wildman–Crippen MR) is 83.4 cm³/mol. The molecule has 1 aliphatic carbocycles. The van der Waals surface area contributed by atoms with Crippen molar-refractivity contribution in [2.45, 2.75) is 50.7 Å². The number of nitrogens with zero attached hydrogens (tertiary/aromatic N) is 2. The summed E-state index contributed by atoms with van der Waals surface area (Å²) in [7, 11) is -0.0414. The molecule has 0 aromatic carbocycles. The first kappa shape index (κ1) is 17.1. The van der Waals surface area contributed by atoms with Crippen LogP contribution in [-0.4, -0.2) is 69.0 Å². The molecular weight excluding hydrogens is 290 g/mol. The van der Waals surface area contributed by atoms with E-state index in [1.807, 2.05) is 6.92 Å². The standard InChI is InChI=1S/C14H29N3O3S/c1-14(20-3)8-4-11-17(12-14)21(18,19)16(2)10-5-9-15-13-6-7-13/h13,15H,4-12H2,1-3H3. The van der Waals surface area contributed by atoms with Crippen LogP contribution >= 0.6 is 0 Å². The van der Waals surface area contributed by atoms with Crippen molar-refractivity contribution < 1.29 is 13.2 Å². The lowest BCUT2D eigenvalue weighted by Crippen LogP contribution is -2.53. The van der Waals surface area contributed by atoms with Crippen LogP contribution < -0.4 is 5.32 Å². The topological polar surface area (TPSA) is 61.9 Å². The van der Waals surface area contributed by atoms with Gasteiger partial charge in [0, 0.05) is 39.8 Å². The number of ether oxygens (including phenoxy) is 1. The molecule has 1 atom stereocenters. The smallest absolute Gasteiger partial charge is 0.281 e. The molecule has 2 fully saturated rings. The van der Waals surface area contributed by atoms with Crippen molar-refractivity contribution in [1.29, 1.82) is 0 Å². The van der Waals surface area contributed by atoms with Gasteiger partial charge >= 0.3 is 0 Å². The molecular formula is C14H29N3O3S. The first-order valence-corrected chi connectivity index (χ1v) is 9.27. The van der Waals surface area contributed by atoms with Gasteiger partial charge < -0.3 is 10.1 Å². The van der Waals surface area contributed by atoms with Gasteiger partial charge in [0.2, 0.25) is 0 Å². The highest BCUT2D eigenvalue weighted by Gasteiger charge is 2.37. The maximum atomic E-state index is 12.6. The third kappa shape index (κ3) is 4.63. The minimum atomic E-state index is -3.37. The molecule has 1 saturated carbocycles. The van der Waals surface area contributed by atoms with E-state index in [0.717, 1.165) is 25.8 Å². The molecule has 0 aromatic rings. The number of hydrogen-bond acceptors (Lipinski definition) is 4. The number of piperidine rings is 1. The van der Waals surface area contributed by atoms with E-state index in [9.17, 15) is 8.42 Å². The fourth-order valence-corrected chi connectivity index (χ4v) is 4.28. The van der Waals surface area contributed by atoms with E-state index >= 15 is 0 Å². The molecule has 0 bridgehead atoms. The Morgan fingerprint density at radius 1 is 1.43 bits per heavy atom. The van der Waals surface area contributed by atoms with Gasteiger partial charge in [-0.25, -0.2) is 0 Å². The van der Waals surface area contributed by atoms with Crippen LogP contribution in [0.25, 0.3) is 0 Å². The molecule has 21 heavy (non-hydrogen) atoms. The number of methoxy groups -OCH3 is 1. The van der Waals surface area contributed by atoms with Crippen molar-refractivity contribution in [1.82, 2.24) is 13.9 Å². The molecule has 6 nitrogen and oxygen atoms in total. The van der Waals surface area contributed by atoms with Gasteiger partial charge in [-0.2, -0.15) is 17.0 Å². The lowest BCUT2D eigenvalue weighted by molar-refractivity contribution is -0.0328. The quantitative estimate of drug-likeness (QED) is 0.673. The van der Waals surface area contributed by atoms with Crippen LogP contribution in [-0.2, 0) is 14.9 Å². The van der Waals surface area contributed by atoms with Crippen molar-refractivity contribution in [2.24, 2.45) is 0 Å². The maximum absolute atomic E-state index is 12.6. The maximum Gasteiger partial charge on any atom is 0.281 e. The van der Waals surface area contributed by atoms with Crippen molar-refractivity contribution in [3.05, 3.63) is 0 Å². The molecule has 0 radical (unpaired) electrons. The zero-order chi connectivity index (χ0) is 15.5. The summed E-state index contributed by atoms with van der Waals surface area (Å²) in [5, 5.41) is 3.41. The Morgan fingerprint density at radius 3 is 2.76 bits per heavy atom. The molecule has 124 valence electrons. The van der Waals surface area contributed by atoms with Crippen molar-refractivity contribution in [3.63, 3.8) is 0 Å². The Bertz CT molecular complexity index is 439. The van der Waals surface area contributed by atoms with E-state index in [2.05, 4.69) is 5.32 Å². The highest BCUT2D eigenvalue weighted by molar-refractivity contribution is 7.86. The van der Waals surface area contributed by atoms with E-state index < -0.39 is 10.2 Å². The van der Waals surface area contributed by atoms with Crippen LogP contribution in [0.5, 0.6) is 0 Å². The monoisotopic (exact) mass is 319 g/mol. The van der Waals surface area contributed by atoms with Crippen LogP contribution in [0.15, 0.2) is 0 Å². The summed E-state index contributed by atoms with van der Waals surface area (Å²) in [5.74, 6) is 0. The van der Waals surface area contributed by atoms with Crippen LogP contribution in [0.1, 0.15) is 39.0 Å². The Hall–Kier alpha value is -0.210. The van der Waals surface area contributed by atoms with Gasteiger partial charge in [-0.05, 0) is 45.6 Å². The van der Waals surface area contributed by atoms with Crippen molar-refractivity contribution in [2.75, 3.05) is 40.3 Å². The summed E-state index contributed by atoms with van der Waals surface area (Å²) in [4.78, 5) is 0. The first-order valence-electron chi connectivity index (χ1n) is 7.87. The molecule has 2 rings (SSSR count). The zero-order valence-electron chi connectivity index (χ0n) is 13.5. The summed E-state index contributed by atoms with van der Waals surface area (Å²) < 4.78 is 33.7. The van der Waals surface area contributed by atoms with Gasteiger partial charge in [0.25, 0.3) is 10.2 Å². The fourth-order valence-electron chi connectivity index (χ4n) is 2.73. The minimum Gasteiger partial charge on any atom is -0.377 e. The third-order valence-corrected chi connectivity index (χ3v) is 6.43. The highest BCUT2D eigenvalue weighted by atomic mass is 32.2. The van der Waals surface area contributed by atoms with E-state index in [-0.39, 0.29) is 5.60 Å². The number of nitrogens with one attached hydrogen (secondary N) is 1. The van der Waals surface area contributed by atoms with Gasteiger partial charge in [0.05, 0.1) is 5.60 Å². The van der Waals surface area contributed by atoms with Gasteiger partial charge in [0.1, 0.15) is 0 Å². The molecule has 1 heterocycles. The van der Waals surface area contributed by atoms with E-state index in [1.165, 1.54) is 17.1 Å². The molecule has 7 heteroatoms. The van der Waals surface area contributed by atoms with Crippen molar-refractivity contribution >= 4 is 10.2 Å². The second-order valence-electron chi connectivity index (χ2n) is 6.50. The minimum absolute atomic E-state index is 0.361. The van der Waals surface area contributed by atoms with Crippen LogP contribution in [0.4, 0.5) is 0 Å². The number of hydrogen-bond donors (Lipinski definition) is 1. The van der Waals surface area contributed by atoms with Gasteiger partial charge in [0.15, 0.2) is 0 Å². The van der Waals surface area contributed by atoms with Crippen LogP contribution in [0.3, 0.4) is 0 Å². The summed E-state index contributed by atoms with van der Waals surface area (Å²) in [6.45, 7) is 4.46. The van der Waals surface area contributed by atoms with E-state index in [1.54, 1.807) is 18.5 Å².